The van der Waals surface area contributed by atoms with Gasteiger partial charge in [-0.05, 0) is 27.2 Å². The van der Waals surface area contributed by atoms with Crippen LogP contribution in [0.4, 0.5) is 0 Å². The molecule has 1 rings (SSSR count). The van der Waals surface area contributed by atoms with Crippen molar-refractivity contribution in [3.63, 3.8) is 0 Å². The number of carbonyl (C=O) groups excluding carboxylic acids is 1. The smallest absolute Gasteiger partial charge is 0.192 e. The van der Waals surface area contributed by atoms with Crippen LogP contribution < -0.4 is 5.32 Å². The van der Waals surface area contributed by atoms with Crippen molar-refractivity contribution < 1.29 is 64.6 Å². The molecule has 0 aliphatic carbocycles. The summed E-state index contributed by atoms with van der Waals surface area (Å²) in [5, 5.41) is 82.7. The molecule has 0 radical (unpaired) electrons. The second-order valence-corrected chi connectivity index (χ2v) is 9.98. The highest BCUT2D eigenvalue weighted by atomic mass is 16.6. The van der Waals surface area contributed by atoms with E-state index in [-0.39, 0.29) is 38.7 Å². The van der Waals surface area contributed by atoms with Gasteiger partial charge < -0.3 is 65.1 Å². The second kappa shape index (κ2) is 17.9. The lowest BCUT2D eigenvalue weighted by Crippen LogP contribution is -2.59. The third-order valence-electron chi connectivity index (χ3n) is 7.13. The van der Waals surface area contributed by atoms with Gasteiger partial charge in [0.15, 0.2) is 5.78 Å². The van der Waals surface area contributed by atoms with Crippen LogP contribution in [0.25, 0.3) is 0 Å². The largest absolute Gasteiger partial charge is 0.394 e. The van der Waals surface area contributed by atoms with Crippen molar-refractivity contribution in [1.82, 2.24) is 5.32 Å². The van der Waals surface area contributed by atoms with Crippen molar-refractivity contribution in [1.29, 1.82) is 0 Å². The number of hydrogen-bond acceptors (Lipinski definition) is 14. The lowest BCUT2D eigenvalue weighted by Gasteiger charge is -2.40. The average molecular weight is 572 g/mol. The normalized spacial score (nSPS) is 29.3. The summed E-state index contributed by atoms with van der Waals surface area (Å²) in [6.45, 7) is 5.68. The Hall–Kier alpha value is -0.850. The van der Waals surface area contributed by atoms with Gasteiger partial charge in [0, 0.05) is 25.6 Å². The van der Waals surface area contributed by atoms with Crippen LogP contribution in [0.2, 0.25) is 0 Å². The zero-order valence-electron chi connectivity index (χ0n) is 23.3. The Balaban J connectivity index is 2.56. The molecule has 232 valence electrons. The minimum Gasteiger partial charge on any atom is -0.394 e. The Morgan fingerprint density at radius 2 is 1.67 bits per heavy atom. The number of aliphatic hydroxyl groups is 8. The van der Waals surface area contributed by atoms with E-state index >= 15 is 0 Å². The number of ketones is 1. The summed E-state index contributed by atoms with van der Waals surface area (Å²) in [6, 6.07) is 0. The van der Waals surface area contributed by atoms with E-state index in [1.165, 1.54) is 0 Å². The Kier molecular flexibility index (Phi) is 16.6. The van der Waals surface area contributed by atoms with E-state index in [4.69, 9.17) is 18.9 Å². The Morgan fingerprint density at radius 1 is 1.03 bits per heavy atom. The summed E-state index contributed by atoms with van der Waals surface area (Å²) >= 11 is 0. The molecule has 1 fully saturated rings. The van der Waals surface area contributed by atoms with E-state index in [0.29, 0.717) is 13.0 Å². The van der Waals surface area contributed by atoms with Crippen molar-refractivity contribution in [3.05, 3.63) is 0 Å². The Bertz CT molecular complexity index is 686. The molecule has 0 aromatic carbocycles. The van der Waals surface area contributed by atoms with E-state index in [0.717, 1.165) is 0 Å². The topological polar surface area (TPSA) is 228 Å². The molecule has 0 amide bonds. The molecule has 0 bridgehead atoms. The SMILES string of the molecule is CCOC(C)C(=O)C(C)(CC)OCCNCC(O)C(O)[C@H](COC[C@H]1OC(CO)[C@H](O)C(O)C1O)C(O)CO. The highest BCUT2D eigenvalue weighted by Crippen LogP contribution is 2.23. The van der Waals surface area contributed by atoms with Crippen LogP contribution in [0.1, 0.15) is 34.1 Å². The summed E-state index contributed by atoms with van der Waals surface area (Å²) in [5.74, 6) is -1.30. The third-order valence-corrected chi connectivity index (χ3v) is 7.13. The van der Waals surface area contributed by atoms with Gasteiger partial charge in [-0.25, -0.2) is 0 Å². The molecule has 0 spiro atoms. The Morgan fingerprint density at radius 3 is 2.23 bits per heavy atom. The number of nitrogens with one attached hydrogen (secondary N) is 1. The van der Waals surface area contributed by atoms with Gasteiger partial charge >= 0.3 is 0 Å². The monoisotopic (exact) mass is 571 g/mol. The zero-order valence-corrected chi connectivity index (χ0v) is 23.3. The molecule has 14 heteroatoms. The zero-order chi connectivity index (χ0) is 29.8. The van der Waals surface area contributed by atoms with Gasteiger partial charge in [-0.3, -0.25) is 4.79 Å². The van der Waals surface area contributed by atoms with E-state index < -0.39 is 79.7 Å². The standard InChI is InChI=1S/C25H49NO13/c1-5-25(4,24(35)14(3)37-6-2)38-8-7-26-9-16(29)20(31)15(17(30)10-27)12-36-13-19-22(33)23(34)21(32)18(11-28)39-19/h14-23,26-34H,5-13H2,1-4H3/t14?,15-,16?,17?,18?,19-,20?,21+,22?,23?,25?/m1/s1. The first-order valence-electron chi connectivity index (χ1n) is 13.4. The van der Waals surface area contributed by atoms with Crippen molar-refractivity contribution in [2.45, 2.75) is 94.7 Å². The lowest BCUT2D eigenvalue weighted by atomic mass is 9.92. The van der Waals surface area contributed by atoms with Crippen LogP contribution in [-0.2, 0) is 23.7 Å². The molecular formula is C25H49NO13. The van der Waals surface area contributed by atoms with Gasteiger partial charge in [0.2, 0.25) is 0 Å². The minimum atomic E-state index is -1.58. The molecule has 14 nitrogen and oxygen atoms in total. The van der Waals surface area contributed by atoms with Crippen molar-refractivity contribution in [2.24, 2.45) is 5.92 Å². The fourth-order valence-electron chi connectivity index (χ4n) is 4.32. The van der Waals surface area contributed by atoms with E-state index in [1.807, 2.05) is 6.92 Å². The fourth-order valence-corrected chi connectivity index (χ4v) is 4.32. The molecule has 1 aliphatic rings. The summed E-state index contributed by atoms with van der Waals surface area (Å²) in [6.07, 6.45) is -11.4. The number of hydrogen-bond donors (Lipinski definition) is 9. The van der Waals surface area contributed by atoms with Gasteiger partial charge in [0.25, 0.3) is 0 Å². The minimum absolute atomic E-state index is 0.0992. The molecule has 1 heterocycles. The summed E-state index contributed by atoms with van der Waals surface area (Å²) in [5.41, 5.74) is -1.04. The van der Waals surface area contributed by atoms with Crippen LogP contribution in [0.15, 0.2) is 0 Å². The first kappa shape index (κ1) is 36.2. The first-order chi connectivity index (χ1) is 18.4. The summed E-state index contributed by atoms with van der Waals surface area (Å²) in [7, 11) is 0. The fraction of sp³-hybridized carbons (Fsp3) is 0.960. The number of aliphatic hydroxyl groups excluding tert-OH is 8. The number of carbonyl (C=O) groups is 1. The molecular weight excluding hydrogens is 522 g/mol. The van der Waals surface area contributed by atoms with Gasteiger partial charge in [0.05, 0.1) is 51.3 Å². The van der Waals surface area contributed by atoms with Crippen LogP contribution >= 0.6 is 0 Å². The van der Waals surface area contributed by atoms with Crippen molar-refractivity contribution >= 4 is 5.78 Å². The summed E-state index contributed by atoms with van der Waals surface area (Å²) in [4.78, 5) is 12.6. The molecule has 0 aromatic rings. The molecule has 39 heavy (non-hydrogen) atoms. The predicted molar refractivity (Wildman–Crippen MR) is 137 cm³/mol. The second-order valence-electron chi connectivity index (χ2n) is 9.98. The van der Waals surface area contributed by atoms with Crippen LogP contribution in [0, 0.1) is 5.92 Å². The molecule has 0 aromatic heterocycles. The maximum atomic E-state index is 12.6. The lowest BCUT2D eigenvalue weighted by molar-refractivity contribution is -0.240. The molecule has 9 N–H and O–H groups in total. The van der Waals surface area contributed by atoms with E-state index in [2.05, 4.69) is 5.32 Å². The van der Waals surface area contributed by atoms with Crippen LogP contribution in [0.3, 0.4) is 0 Å². The van der Waals surface area contributed by atoms with Gasteiger partial charge in [-0.15, -0.1) is 0 Å². The highest BCUT2D eigenvalue weighted by molar-refractivity contribution is 5.90. The maximum Gasteiger partial charge on any atom is 0.192 e. The van der Waals surface area contributed by atoms with Gasteiger partial charge in [-0.2, -0.15) is 0 Å². The van der Waals surface area contributed by atoms with Crippen molar-refractivity contribution in [3.8, 4) is 0 Å². The van der Waals surface area contributed by atoms with Gasteiger partial charge in [0.1, 0.15) is 42.2 Å². The molecule has 8 unspecified atom stereocenters. The number of Topliss-reactive ketones (excluding diaryl/α,β-unsaturated/α-hetero) is 1. The van der Waals surface area contributed by atoms with Crippen LogP contribution in [0.5, 0.6) is 0 Å². The van der Waals surface area contributed by atoms with E-state index in [1.54, 1.807) is 20.8 Å². The Labute approximate surface area is 229 Å². The molecule has 1 saturated heterocycles. The quantitative estimate of drug-likeness (QED) is 0.0641. The molecule has 11 atom stereocenters. The van der Waals surface area contributed by atoms with Crippen LogP contribution in [-0.4, -0.2) is 160 Å². The third kappa shape index (κ3) is 10.5. The number of ether oxygens (including phenoxy) is 4. The average Bonchev–Trinajstić information content (AvgIpc) is 2.93. The maximum absolute atomic E-state index is 12.6. The molecule has 1 aliphatic heterocycles. The first-order valence-corrected chi connectivity index (χ1v) is 13.4. The predicted octanol–water partition coefficient (Wildman–Crippen LogP) is -3.69. The molecule has 0 saturated carbocycles. The highest BCUT2D eigenvalue weighted by Gasteiger charge is 2.43. The van der Waals surface area contributed by atoms with Crippen molar-refractivity contribution in [2.75, 3.05) is 52.7 Å². The summed E-state index contributed by atoms with van der Waals surface area (Å²) < 4.78 is 22.0. The van der Waals surface area contributed by atoms with Gasteiger partial charge in [-0.1, -0.05) is 6.92 Å². The van der Waals surface area contributed by atoms with E-state index in [9.17, 15) is 45.6 Å². The number of rotatable bonds is 20.